The van der Waals surface area contributed by atoms with Gasteiger partial charge in [0.2, 0.25) is 0 Å². The van der Waals surface area contributed by atoms with E-state index in [9.17, 15) is 4.79 Å². The van der Waals surface area contributed by atoms with E-state index in [-0.39, 0.29) is 5.91 Å². The number of carbonyl (C=O) groups excluding carboxylic acids is 1. The van der Waals surface area contributed by atoms with Crippen LogP contribution < -0.4 is 10.1 Å². The molecule has 1 amide bonds. The molecule has 7 heteroatoms. The molecule has 3 aromatic rings. The Morgan fingerprint density at radius 3 is 2.60 bits per heavy atom. The first-order valence-electron chi connectivity index (χ1n) is 7.48. The van der Waals surface area contributed by atoms with Crippen LogP contribution in [0.25, 0.3) is 0 Å². The van der Waals surface area contributed by atoms with Crippen LogP contribution in [0.2, 0.25) is 10.0 Å². The summed E-state index contributed by atoms with van der Waals surface area (Å²) in [6, 6.07) is 14.0. The fraction of sp³-hybridized carbons (Fsp3) is 0.111. The molecule has 0 unspecified atom stereocenters. The number of carbonyl (C=O) groups is 1. The first kappa shape index (κ1) is 17.3. The van der Waals surface area contributed by atoms with Gasteiger partial charge in [0.15, 0.2) is 5.82 Å². The molecule has 0 bridgehead atoms. The van der Waals surface area contributed by atoms with Crippen molar-refractivity contribution < 1.29 is 9.53 Å². The lowest BCUT2D eigenvalue weighted by Gasteiger charge is -2.07. The van der Waals surface area contributed by atoms with Crippen LogP contribution in [0.5, 0.6) is 5.75 Å². The van der Waals surface area contributed by atoms with Gasteiger partial charge in [-0.3, -0.25) is 9.48 Å². The molecule has 0 aliphatic rings. The van der Waals surface area contributed by atoms with Crippen molar-refractivity contribution in [3.8, 4) is 5.75 Å². The SMILES string of the molecule is COc1cccc(C(=O)Nc2ccn(Cc3c(Cl)cccc3Cl)n2)c1. The van der Waals surface area contributed by atoms with Crippen molar-refractivity contribution in [2.24, 2.45) is 0 Å². The Morgan fingerprint density at radius 1 is 1.16 bits per heavy atom. The Balaban J connectivity index is 1.72. The molecule has 1 heterocycles. The summed E-state index contributed by atoms with van der Waals surface area (Å²) in [7, 11) is 1.55. The summed E-state index contributed by atoms with van der Waals surface area (Å²) in [5.74, 6) is 0.794. The van der Waals surface area contributed by atoms with Gasteiger partial charge in [-0.1, -0.05) is 35.3 Å². The summed E-state index contributed by atoms with van der Waals surface area (Å²) >= 11 is 12.3. The van der Waals surface area contributed by atoms with Crippen molar-refractivity contribution in [1.82, 2.24) is 9.78 Å². The number of rotatable bonds is 5. The van der Waals surface area contributed by atoms with E-state index in [0.29, 0.717) is 33.7 Å². The minimum atomic E-state index is -0.264. The highest BCUT2D eigenvalue weighted by Gasteiger charge is 2.11. The summed E-state index contributed by atoms with van der Waals surface area (Å²) in [4.78, 5) is 12.3. The Bertz CT molecular complexity index is 889. The van der Waals surface area contributed by atoms with Crippen LogP contribution in [-0.2, 0) is 6.54 Å². The topological polar surface area (TPSA) is 56.1 Å². The summed E-state index contributed by atoms with van der Waals surface area (Å²) in [6.45, 7) is 0.410. The number of aromatic nitrogens is 2. The first-order chi connectivity index (χ1) is 12.1. The van der Waals surface area contributed by atoms with Crippen molar-refractivity contribution in [3.05, 3.63) is 75.9 Å². The zero-order valence-electron chi connectivity index (χ0n) is 13.4. The van der Waals surface area contributed by atoms with Crippen LogP contribution in [0.4, 0.5) is 5.82 Å². The van der Waals surface area contributed by atoms with Gasteiger partial charge in [-0.15, -0.1) is 0 Å². The third kappa shape index (κ3) is 4.13. The number of amides is 1. The zero-order chi connectivity index (χ0) is 17.8. The third-order valence-electron chi connectivity index (χ3n) is 3.60. The molecular formula is C18H15Cl2N3O2. The predicted octanol–water partition coefficient (Wildman–Crippen LogP) is 4.50. The van der Waals surface area contributed by atoms with Gasteiger partial charge in [-0.05, 0) is 30.3 Å². The minimum Gasteiger partial charge on any atom is -0.497 e. The summed E-state index contributed by atoms with van der Waals surface area (Å²) in [5, 5.41) is 8.23. The molecule has 3 rings (SSSR count). The van der Waals surface area contributed by atoms with Gasteiger partial charge in [0.1, 0.15) is 5.75 Å². The number of benzene rings is 2. The van der Waals surface area contributed by atoms with Crippen molar-refractivity contribution in [2.45, 2.75) is 6.54 Å². The Morgan fingerprint density at radius 2 is 1.88 bits per heavy atom. The maximum atomic E-state index is 12.3. The number of anilines is 1. The van der Waals surface area contributed by atoms with Crippen LogP contribution in [0.3, 0.4) is 0 Å². The largest absolute Gasteiger partial charge is 0.497 e. The van der Waals surface area contributed by atoms with Gasteiger partial charge in [0, 0.05) is 33.4 Å². The van der Waals surface area contributed by atoms with Crippen molar-refractivity contribution in [2.75, 3.05) is 12.4 Å². The second-order valence-corrected chi connectivity index (χ2v) is 6.10. The van der Waals surface area contributed by atoms with Gasteiger partial charge in [0.05, 0.1) is 13.7 Å². The second-order valence-electron chi connectivity index (χ2n) is 5.28. The smallest absolute Gasteiger partial charge is 0.256 e. The lowest BCUT2D eigenvalue weighted by molar-refractivity contribution is 0.102. The van der Waals surface area contributed by atoms with Crippen LogP contribution in [-0.4, -0.2) is 22.8 Å². The monoisotopic (exact) mass is 375 g/mol. The number of nitrogens with one attached hydrogen (secondary N) is 1. The molecule has 128 valence electrons. The van der Waals surface area contributed by atoms with Gasteiger partial charge >= 0.3 is 0 Å². The molecule has 0 atom stereocenters. The molecule has 0 radical (unpaired) electrons. The number of ether oxygens (including phenoxy) is 1. The number of halogens is 2. The standard InChI is InChI=1S/C18H15Cl2N3O2/c1-25-13-5-2-4-12(10-13)18(24)21-17-8-9-23(22-17)11-14-15(19)6-3-7-16(14)20/h2-10H,11H2,1H3,(H,21,22,24). The third-order valence-corrected chi connectivity index (χ3v) is 4.30. The normalized spacial score (nSPS) is 10.5. The average molecular weight is 376 g/mol. The van der Waals surface area contributed by atoms with Gasteiger partial charge < -0.3 is 10.1 Å². The fourth-order valence-electron chi connectivity index (χ4n) is 2.31. The van der Waals surface area contributed by atoms with Gasteiger partial charge in [-0.2, -0.15) is 5.10 Å². The van der Waals surface area contributed by atoms with Crippen LogP contribution in [0.1, 0.15) is 15.9 Å². The molecular weight excluding hydrogens is 361 g/mol. The first-order valence-corrected chi connectivity index (χ1v) is 8.24. The highest BCUT2D eigenvalue weighted by molar-refractivity contribution is 6.35. The maximum Gasteiger partial charge on any atom is 0.256 e. The molecule has 0 fully saturated rings. The molecule has 25 heavy (non-hydrogen) atoms. The van der Waals surface area contributed by atoms with Crippen molar-refractivity contribution in [1.29, 1.82) is 0 Å². The van der Waals surface area contributed by atoms with Crippen LogP contribution in [0, 0.1) is 0 Å². The molecule has 1 aromatic heterocycles. The molecule has 0 saturated carbocycles. The maximum absolute atomic E-state index is 12.3. The van der Waals surface area contributed by atoms with E-state index in [1.807, 2.05) is 0 Å². The van der Waals surface area contributed by atoms with E-state index < -0.39 is 0 Å². The quantitative estimate of drug-likeness (QED) is 0.714. The van der Waals surface area contributed by atoms with Crippen molar-refractivity contribution in [3.63, 3.8) is 0 Å². The second kappa shape index (κ2) is 7.59. The lowest BCUT2D eigenvalue weighted by Crippen LogP contribution is -2.13. The molecule has 0 aliphatic heterocycles. The van der Waals surface area contributed by atoms with Crippen molar-refractivity contribution >= 4 is 34.9 Å². The van der Waals surface area contributed by atoms with Crippen LogP contribution in [0.15, 0.2) is 54.7 Å². The Labute approximate surface area is 155 Å². The lowest BCUT2D eigenvalue weighted by atomic mass is 10.2. The zero-order valence-corrected chi connectivity index (χ0v) is 14.9. The Hall–Kier alpha value is -2.50. The summed E-state index contributed by atoms with van der Waals surface area (Å²) in [6.07, 6.45) is 1.75. The number of hydrogen-bond donors (Lipinski definition) is 1. The molecule has 1 N–H and O–H groups in total. The highest BCUT2D eigenvalue weighted by atomic mass is 35.5. The van der Waals surface area contributed by atoms with Gasteiger partial charge in [0.25, 0.3) is 5.91 Å². The number of hydrogen-bond acceptors (Lipinski definition) is 3. The van der Waals surface area contributed by atoms with Gasteiger partial charge in [-0.25, -0.2) is 0 Å². The predicted molar refractivity (Wildman–Crippen MR) is 98.7 cm³/mol. The fourth-order valence-corrected chi connectivity index (χ4v) is 2.83. The molecule has 5 nitrogen and oxygen atoms in total. The highest BCUT2D eigenvalue weighted by Crippen LogP contribution is 2.25. The minimum absolute atomic E-state index is 0.264. The van der Waals surface area contributed by atoms with E-state index in [2.05, 4.69) is 10.4 Å². The van der Waals surface area contributed by atoms with E-state index in [4.69, 9.17) is 27.9 Å². The summed E-state index contributed by atoms with van der Waals surface area (Å²) < 4.78 is 6.78. The van der Waals surface area contributed by atoms with E-state index >= 15 is 0 Å². The molecule has 0 aliphatic carbocycles. The van der Waals surface area contributed by atoms with E-state index in [0.717, 1.165) is 5.56 Å². The van der Waals surface area contributed by atoms with Crippen LogP contribution >= 0.6 is 23.2 Å². The average Bonchev–Trinajstić information content (AvgIpc) is 3.05. The molecule has 0 saturated heterocycles. The number of nitrogens with zero attached hydrogens (tertiary/aromatic N) is 2. The van der Waals surface area contributed by atoms with E-state index in [1.165, 1.54) is 0 Å². The molecule has 2 aromatic carbocycles. The van der Waals surface area contributed by atoms with E-state index in [1.54, 1.807) is 66.5 Å². The molecule has 0 spiro atoms. The summed E-state index contributed by atoms with van der Waals surface area (Å²) in [5.41, 5.74) is 1.27. The Kier molecular flexibility index (Phi) is 5.26. The number of methoxy groups -OCH3 is 1.